The van der Waals surface area contributed by atoms with Crippen LogP contribution in [0.25, 0.3) is 0 Å². The predicted molar refractivity (Wildman–Crippen MR) is 93.6 cm³/mol. The number of fused-ring (bicyclic) bond motifs is 1. The Balaban J connectivity index is 1.50. The van der Waals surface area contributed by atoms with E-state index in [9.17, 15) is 4.79 Å². The zero-order valence-electron chi connectivity index (χ0n) is 14.4. The van der Waals surface area contributed by atoms with E-state index in [2.05, 4.69) is 11.1 Å². The van der Waals surface area contributed by atoms with E-state index >= 15 is 0 Å². The third-order valence-electron chi connectivity index (χ3n) is 5.10. The first-order valence-electron chi connectivity index (χ1n) is 8.74. The number of rotatable bonds is 3. The summed E-state index contributed by atoms with van der Waals surface area (Å²) in [7, 11) is 1.65. The molecule has 0 N–H and O–H groups in total. The summed E-state index contributed by atoms with van der Waals surface area (Å²) in [5, 5.41) is 0. The number of ether oxygens (including phenoxy) is 2. The number of aromatic nitrogens is 1. The van der Waals surface area contributed by atoms with E-state index in [1.807, 2.05) is 35.2 Å². The number of hydrogen-bond donors (Lipinski definition) is 0. The van der Waals surface area contributed by atoms with Crippen LogP contribution in [-0.4, -0.2) is 42.6 Å². The van der Waals surface area contributed by atoms with Crippen LogP contribution in [0.5, 0.6) is 5.75 Å². The van der Waals surface area contributed by atoms with Crippen molar-refractivity contribution in [2.75, 3.05) is 26.8 Å². The number of amides is 1. The second-order valence-electron chi connectivity index (χ2n) is 6.56. The Kier molecular flexibility index (Phi) is 4.40. The van der Waals surface area contributed by atoms with Crippen LogP contribution in [0, 0.1) is 0 Å². The molecule has 2 atom stereocenters. The summed E-state index contributed by atoms with van der Waals surface area (Å²) >= 11 is 0. The quantitative estimate of drug-likeness (QED) is 0.863. The molecule has 0 bridgehead atoms. The van der Waals surface area contributed by atoms with Crippen molar-refractivity contribution >= 4 is 5.91 Å². The van der Waals surface area contributed by atoms with Gasteiger partial charge in [-0.1, -0.05) is 18.2 Å². The smallest absolute Gasteiger partial charge is 0.231 e. The Morgan fingerprint density at radius 1 is 1.32 bits per heavy atom. The number of benzene rings is 1. The Hall–Kier alpha value is -2.40. The molecule has 0 saturated carbocycles. The van der Waals surface area contributed by atoms with E-state index in [0.717, 1.165) is 29.8 Å². The average Bonchev–Trinajstić information content (AvgIpc) is 3.11. The highest BCUT2D eigenvalue weighted by Crippen LogP contribution is 2.34. The normalized spacial score (nSPS) is 22.5. The molecule has 0 spiro atoms. The number of nitrogens with zero attached hydrogens (tertiary/aromatic N) is 2. The summed E-state index contributed by atoms with van der Waals surface area (Å²) in [4.78, 5) is 19.5. The first-order valence-corrected chi connectivity index (χ1v) is 8.74. The number of hydrogen-bond acceptors (Lipinski definition) is 4. The van der Waals surface area contributed by atoms with Crippen LogP contribution in [0.15, 0.2) is 42.6 Å². The summed E-state index contributed by atoms with van der Waals surface area (Å²) in [6.07, 6.45) is 3.45. The predicted octanol–water partition coefficient (Wildman–Crippen LogP) is 2.72. The van der Waals surface area contributed by atoms with Gasteiger partial charge in [0.25, 0.3) is 0 Å². The van der Waals surface area contributed by atoms with Crippen molar-refractivity contribution in [3.05, 3.63) is 59.4 Å². The van der Waals surface area contributed by atoms with Crippen molar-refractivity contribution < 1.29 is 14.3 Å². The van der Waals surface area contributed by atoms with Gasteiger partial charge >= 0.3 is 0 Å². The minimum absolute atomic E-state index is 0.111. The number of carbonyl (C=O) groups is 1. The second kappa shape index (κ2) is 6.84. The Morgan fingerprint density at radius 2 is 2.24 bits per heavy atom. The number of methoxy groups -OCH3 is 1. The zero-order valence-corrected chi connectivity index (χ0v) is 14.4. The van der Waals surface area contributed by atoms with Crippen LogP contribution in [0.2, 0.25) is 0 Å². The molecule has 1 aromatic heterocycles. The summed E-state index contributed by atoms with van der Waals surface area (Å²) in [5.41, 5.74) is 3.21. The van der Waals surface area contributed by atoms with Crippen molar-refractivity contribution in [3.63, 3.8) is 0 Å². The fourth-order valence-corrected chi connectivity index (χ4v) is 3.77. The standard InChI is InChI=1S/C20H22N2O3/c1-24-16-6-2-4-15(12-16)18-13-22(10-11-25-18)20(23)17-8-7-14-5-3-9-21-19(14)17/h2-6,9,12,17-18H,7-8,10-11,13H2,1H3. The summed E-state index contributed by atoms with van der Waals surface area (Å²) < 4.78 is 11.2. The minimum Gasteiger partial charge on any atom is -0.497 e. The van der Waals surface area contributed by atoms with Gasteiger partial charge in [-0.25, -0.2) is 0 Å². The molecule has 0 radical (unpaired) electrons. The van der Waals surface area contributed by atoms with Crippen LogP contribution in [0.1, 0.15) is 35.3 Å². The molecular weight excluding hydrogens is 316 g/mol. The molecule has 130 valence electrons. The van der Waals surface area contributed by atoms with Gasteiger partial charge in [-0.15, -0.1) is 0 Å². The Bertz CT molecular complexity index is 777. The molecule has 1 fully saturated rings. The Morgan fingerprint density at radius 3 is 3.12 bits per heavy atom. The highest BCUT2D eigenvalue weighted by Gasteiger charge is 2.35. The van der Waals surface area contributed by atoms with Gasteiger partial charge in [0, 0.05) is 12.7 Å². The molecule has 1 saturated heterocycles. The lowest BCUT2D eigenvalue weighted by molar-refractivity contribution is -0.140. The van der Waals surface area contributed by atoms with E-state index in [4.69, 9.17) is 9.47 Å². The van der Waals surface area contributed by atoms with Gasteiger partial charge in [-0.05, 0) is 42.2 Å². The second-order valence-corrected chi connectivity index (χ2v) is 6.56. The van der Waals surface area contributed by atoms with Gasteiger partial charge in [0.05, 0.1) is 31.9 Å². The highest BCUT2D eigenvalue weighted by atomic mass is 16.5. The molecule has 1 aliphatic carbocycles. The lowest BCUT2D eigenvalue weighted by atomic mass is 10.0. The molecule has 1 amide bonds. The van der Waals surface area contributed by atoms with E-state index in [1.54, 1.807) is 13.3 Å². The fourth-order valence-electron chi connectivity index (χ4n) is 3.77. The van der Waals surface area contributed by atoms with E-state index in [0.29, 0.717) is 19.7 Å². The van der Waals surface area contributed by atoms with Crippen LogP contribution < -0.4 is 4.74 Å². The topological polar surface area (TPSA) is 51.7 Å². The van der Waals surface area contributed by atoms with Gasteiger partial charge in [0.2, 0.25) is 5.91 Å². The fraction of sp³-hybridized carbons (Fsp3) is 0.400. The molecule has 1 aromatic carbocycles. The molecular formula is C20H22N2O3. The molecule has 1 aliphatic heterocycles. The van der Waals surface area contributed by atoms with Crippen molar-refractivity contribution in [3.8, 4) is 5.75 Å². The lowest BCUT2D eigenvalue weighted by Gasteiger charge is -2.34. The van der Waals surface area contributed by atoms with Crippen LogP contribution in [-0.2, 0) is 16.0 Å². The van der Waals surface area contributed by atoms with E-state index in [-0.39, 0.29) is 17.9 Å². The number of carbonyl (C=O) groups excluding carboxylic acids is 1. The van der Waals surface area contributed by atoms with Gasteiger partial charge in [0.15, 0.2) is 0 Å². The minimum atomic E-state index is -0.114. The Labute approximate surface area is 147 Å². The van der Waals surface area contributed by atoms with Crippen LogP contribution in [0.4, 0.5) is 0 Å². The summed E-state index contributed by atoms with van der Waals surface area (Å²) in [6, 6.07) is 11.9. The van der Waals surface area contributed by atoms with Gasteiger partial charge in [-0.3, -0.25) is 9.78 Å². The molecule has 2 aliphatic rings. The number of pyridine rings is 1. The zero-order chi connectivity index (χ0) is 17.2. The first-order chi connectivity index (χ1) is 12.3. The van der Waals surface area contributed by atoms with Gasteiger partial charge in [0.1, 0.15) is 11.9 Å². The molecule has 25 heavy (non-hydrogen) atoms. The van der Waals surface area contributed by atoms with Crippen LogP contribution in [0.3, 0.4) is 0 Å². The maximum absolute atomic E-state index is 13.1. The van der Waals surface area contributed by atoms with Crippen molar-refractivity contribution in [2.45, 2.75) is 24.9 Å². The summed E-state index contributed by atoms with van der Waals surface area (Å²) in [5.74, 6) is 0.868. The lowest BCUT2D eigenvalue weighted by Crippen LogP contribution is -2.44. The van der Waals surface area contributed by atoms with Gasteiger partial charge in [-0.2, -0.15) is 0 Å². The van der Waals surface area contributed by atoms with E-state index < -0.39 is 0 Å². The number of aryl methyl sites for hydroxylation is 1. The van der Waals surface area contributed by atoms with Gasteiger partial charge < -0.3 is 14.4 Å². The molecule has 4 rings (SSSR count). The van der Waals surface area contributed by atoms with Crippen LogP contribution >= 0.6 is 0 Å². The highest BCUT2D eigenvalue weighted by molar-refractivity contribution is 5.84. The van der Waals surface area contributed by atoms with E-state index in [1.165, 1.54) is 5.56 Å². The maximum atomic E-state index is 13.1. The number of morpholine rings is 1. The summed E-state index contributed by atoms with van der Waals surface area (Å²) in [6.45, 7) is 1.76. The molecule has 5 nitrogen and oxygen atoms in total. The van der Waals surface area contributed by atoms with Crippen molar-refractivity contribution in [1.82, 2.24) is 9.88 Å². The monoisotopic (exact) mass is 338 g/mol. The molecule has 2 heterocycles. The van der Waals surface area contributed by atoms with Crippen molar-refractivity contribution in [2.24, 2.45) is 0 Å². The maximum Gasteiger partial charge on any atom is 0.231 e. The van der Waals surface area contributed by atoms with Crippen molar-refractivity contribution in [1.29, 1.82) is 0 Å². The third-order valence-corrected chi connectivity index (χ3v) is 5.10. The average molecular weight is 338 g/mol. The first kappa shape index (κ1) is 16.1. The molecule has 2 unspecified atom stereocenters. The molecule has 2 aromatic rings. The SMILES string of the molecule is COc1cccc(C2CN(C(=O)C3CCc4cccnc43)CCO2)c1. The third kappa shape index (κ3) is 3.12. The molecule has 5 heteroatoms. The largest absolute Gasteiger partial charge is 0.497 e.